The fraction of sp³-hybridized carbons (Fsp3) is 0.542. The van der Waals surface area contributed by atoms with Crippen LogP contribution in [0.25, 0.3) is 11.0 Å². The van der Waals surface area contributed by atoms with Gasteiger partial charge >= 0.3 is 12.0 Å². The summed E-state index contributed by atoms with van der Waals surface area (Å²) in [6.45, 7) is 7.62. The Morgan fingerprint density at radius 2 is 2.03 bits per heavy atom. The van der Waals surface area contributed by atoms with Crippen molar-refractivity contribution in [2.24, 2.45) is 17.8 Å². The summed E-state index contributed by atoms with van der Waals surface area (Å²) < 4.78 is 11.6. The van der Waals surface area contributed by atoms with Gasteiger partial charge in [0.1, 0.15) is 24.0 Å². The number of benzene rings is 1. The maximum Gasteiger partial charge on any atom is 0.326 e. The van der Waals surface area contributed by atoms with Crippen LogP contribution in [0.15, 0.2) is 34.7 Å². The number of nitrogens with zero attached hydrogens (tertiary/aromatic N) is 1. The van der Waals surface area contributed by atoms with Gasteiger partial charge in [-0.1, -0.05) is 45.4 Å². The first-order chi connectivity index (χ1) is 14.7. The van der Waals surface area contributed by atoms with Crippen molar-refractivity contribution < 1.29 is 23.5 Å². The van der Waals surface area contributed by atoms with Gasteiger partial charge in [0.25, 0.3) is 5.91 Å². The molecule has 2 aromatic rings. The molecule has 1 saturated carbocycles. The third-order valence-electron chi connectivity index (χ3n) is 6.72. The molecular formula is C24H30N2O5. The van der Waals surface area contributed by atoms with Gasteiger partial charge in [0, 0.05) is 5.39 Å². The number of urea groups is 1. The molecule has 1 N–H and O–H groups in total. The Kier molecular flexibility index (Phi) is 5.54. The topological polar surface area (TPSA) is 88.8 Å². The van der Waals surface area contributed by atoms with E-state index in [0.29, 0.717) is 29.1 Å². The number of rotatable bonds is 5. The van der Waals surface area contributed by atoms with Gasteiger partial charge in [-0.2, -0.15) is 0 Å². The van der Waals surface area contributed by atoms with Crippen LogP contribution in [0.4, 0.5) is 4.79 Å². The highest BCUT2D eigenvalue weighted by Crippen LogP contribution is 2.36. The van der Waals surface area contributed by atoms with Crippen LogP contribution in [-0.2, 0) is 19.9 Å². The summed E-state index contributed by atoms with van der Waals surface area (Å²) in [6.07, 6.45) is 2.77. The second-order valence-corrected chi connectivity index (χ2v) is 9.45. The maximum absolute atomic E-state index is 13.1. The molecule has 2 fully saturated rings. The molecule has 4 atom stereocenters. The van der Waals surface area contributed by atoms with E-state index in [0.717, 1.165) is 29.5 Å². The predicted molar refractivity (Wildman–Crippen MR) is 115 cm³/mol. The van der Waals surface area contributed by atoms with E-state index in [1.807, 2.05) is 18.2 Å². The summed E-state index contributed by atoms with van der Waals surface area (Å²) in [5, 5.41) is 3.52. The number of carbonyl (C=O) groups is 3. The largest absolute Gasteiger partial charge is 0.461 e. The molecule has 1 aromatic heterocycles. The molecule has 1 aromatic carbocycles. The molecule has 0 unspecified atom stereocenters. The molecule has 4 rings (SSSR count). The predicted octanol–water partition coefficient (Wildman–Crippen LogP) is 4.20. The fourth-order valence-electron chi connectivity index (χ4n) is 4.82. The van der Waals surface area contributed by atoms with Gasteiger partial charge < -0.3 is 14.5 Å². The number of nitrogens with one attached hydrogen (secondary N) is 1. The van der Waals surface area contributed by atoms with E-state index in [9.17, 15) is 14.4 Å². The minimum Gasteiger partial charge on any atom is -0.461 e. The number of esters is 1. The van der Waals surface area contributed by atoms with Crippen molar-refractivity contribution in [1.29, 1.82) is 0 Å². The monoisotopic (exact) mass is 426 g/mol. The average molecular weight is 427 g/mol. The van der Waals surface area contributed by atoms with E-state index in [2.05, 4.69) is 26.1 Å². The molecule has 0 spiro atoms. The molecule has 0 bridgehead atoms. The van der Waals surface area contributed by atoms with Gasteiger partial charge in [0.15, 0.2) is 5.54 Å². The van der Waals surface area contributed by atoms with Crippen molar-refractivity contribution in [2.45, 2.75) is 58.6 Å². The van der Waals surface area contributed by atoms with Gasteiger partial charge in [-0.3, -0.25) is 14.5 Å². The lowest BCUT2D eigenvalue weighted by molar-refractivity contribution is -0.158. The van der Waals surface area contributed by atoms with E-state index in [1.54, 1.807) is 19.1 Å². The Hall–Kier alpha value is -2.83. The summed E-state index contributed by atoms with van der Waals surface area (Å²) >= 11 is 0. The van der Waals surface area contributed by atoms with E-state index in [1.165, 1.54) is 0 Å². The zero-order valence-corrected chi connectivity index (χ0v) is 18.5. The molecule has 2 aliphatic rings. The summed E-state index contributed by atoms with van der Waals surface area (Å²) in [4.78, 5) is 39.4. The quantitative estimate of drug-likeness (QED) is 0.572. The first kappa shape index (κ1) is 21.4. The smallest absolute Gasteiger partial charge is 0.326 e. The highest BCUT2D eigenvalue weighted by Gasteiger charge is 2.52. The van der Waals surface area contributed by atoms with Crippen molar-refractivity contribution in [3.63, 3.8) is 0 Å². The molecule has 0 radical (unpaired) electrons. The Bertz CT molecular complexity index is 979. The van der Waals surface area contributed by atoms with Crippen LogP contribution < -0.4 is 5.32 Å². The lowest BCUT2D eigenvalue weighted by Gasteiger charge is -2.36. The normalized spacial score (nSPS) is 28.9. The Balaban J connectivity index is 1.48. The summed E-state index contributed by atoms with van der Waals surface area (Å²) in [5.74, 6) is 0.445. The van der Waals surface area contributed by atoms with Crippen molar-refractivity contribution in [1.82, 2.24) is 10.2 Å². The molecule has 7 heteroatoms. The number of fused-ring (bicyclic) bond motifs is 1. The minimum atomic E-state index is -1.36. The van der Waals surface area contributed by atoms with Crippen LogP contribution in [-0.4, -0.2) is 35.5 Å². The van der Waals surface area contributed by atoms with E-state index in [-0.39, 0.29) is 6.10 Å². The maximum atomic E-state index is 13.1. The van der Waals surface area contributed by atoms with Crippen molar-refractivity contribution in [3.8, 4) is 0 Å². The number of amides is 3. The van der Waals surface area contributed by atoms with Gasteiger partial charge in [0.05, 0.1) is 0 Å². The van der Waals surface area contributed by atoms with Gasteiger partial charge in [-0.05, 0) is 49.7 Å². The first-order valence-corrected chi connectivity index (χ1v) is 11.0. The number of carbonyl (C=O) groups excluding carboxylic acids is 3. The third kappa shape index (κ3) is 3.93. The number of hydrogen-bond acceptors (Lipinski definition) is 5. The van der Waals surface area contributed by atoms with E-state index >= 15 is 0 Å². The van der Waals surface area contributed by atoms with Crippen molar-refractivity contribution >= 4 is 28.9 Å². The number of imide groups is 1. The molecule has 1 saturated heterocycles. The zero-order valence-electron chi connectivity index (χ0n) is 18.5. The van der Waals surface area contributed by atoms with Crippen LogP contribution >= 0.6 is 0 Å². The van der Waals surface area contributed by atoms with Crippen LogP contribution in [0.1, 0.15) is 52.7 Å². The van der Waals surface area contributed by atoms with Gasteiger partial charge in [-0.25, -0.2) is 4.79 Å². The third-order valence-corrected chi connectivity index (χ3v) is 6.72. The number of ether oxygens (including phenoxy) is 1. The van der Waals surface area contributed by atoms with Gasteiger partial charge in [0.2, 0.25) is 0 Å². The SMILES string of the molecule is CC(C)[C@H]1CC[C@@H](C)C[C@H]1OC(=O)CN1C(=O)N[C@](C)(c2cc3ccccc3o2)C1=O. The van der Waals surface area contributed by atoms with Crippen molar-refractivity contribution in [3.05, 3.63) is 36.1 Å². The van der Waals surface area contributed by atoms with Crippen LogP contribution in [0.3, 0.4) is 0 Å². The fourth-order valence-corrected chi connectivity index (χ4v) is 4.82. The number of para-hydroxylation sites is 1. The molecule has 2 heterocycles. The van der Waals surface area contributed by atoms with Gasteiger partial charge in [-0.15, -0.1) is 0 Å². The molecule has 7 nitrogen and oxygen atoms in total. The second kappa shape index (κ2) is 8.02. The average Bonchev–Trinajstić information content (AvgIpc) is 3.24. The van der Waals surface area contributed by atoms with E-state index < -0.39 is 30.0 Å². The number of furan rings is 1. The summed E-state index contributed by atoms with van der Waals surface area (Å²) in [6, 6.07) is 8.51. The molecule has 3 amide bonds. The highest BCUT2D eigenvalue weighted by molar-refractivity contribution is 6.08. The van der Waals surface area contributed by atoms with E-state index in [4.69, 9.17) is 9.15 Å². The molecule has 166 valence electrons. The number of hydrogen-bond donors (Lipinski definition) is 1. The molecule has 1 aliphatic carbocycles. The zero-order chi connectivity index (χ0) is 22.3. The summed E-state index contributed by atoms with van der Waals surface area (Å²) in [7, 11) is 0. The molecular weight excluding hydrogens is 396 g/mol. The lowest BCUT2D eigenvalue weighted by Crippen LogP contribution is -2.42. The minimum absolute atomic E-state index is 0.182. The summed E-state index contributed by atoms with van der Waals surface area (Å²) in [5.41, 5.74) is -0.735. The first-order valence-electron chi connectivity index (χ1n) is 11.0. The lowest BCUT2D eigenvalue weighted by atomic mass is 9.75. The Morgan fingerprint density at radius 3 is 2.74 bits per heavy atom. The van der Waals surface area contributed by atoms with Crippen molar-refractivity contribution in [2.75, 3.05) is 6.54 Å². The van der Waals surface area contributed by atoms with Crippen LogP contribution in [0.2, 0.25) is 0 Å². The molecule has 1 aliphatic heterocycles. The standard InChI is InChI=1S/C24H30N2O5/c1-14(2)17-10-9-15(3)11-19(17)31-21(27)13-26-22(28)24(4,25-23(26)29)20-12-16-7-5-6-8-18(16)30-20/h5-8,12,14-15,17,19H,9-11,13H2,1-4H3,(H,25,29)/t15-,17-,19-,24-/m1/s1. The molecule has 31 heavy (non-hydrogen) atoms. The van der Waals surface area contributed by atoms with Crippen LogP contribution in [0.5, 0.6) is 0 Å². The Morgan fingerprint density at radius 1 is 1.29 bits per heavy atom. The van der Waals surface area contributed by atoms with Crippen LogP contribution in [0, 0.1) is 17.8 Å². The highest BCUT2D eigenvalue weighted by atomic mass is 16.5. The second-order valence-electron chi connectivity index (χ2n) is 9.45. The Labute approximate surface area is 182 Å².